The van der Waals surface area contributed by atoms with Gasteiger partial charge in [0, 0.05) is 29.8 Å². The van der Waals surface area contributed by atoms with E-state index in [0.717, 1.165) is 0 Å². The fraction of sp³-hybridized carbons (Fsp3) is 0.583. The molecule has 2 heterocycles. The van der Waals surface area contributed by atoms with Gasteiger partial charge < -0.3 is 5.11 Å². The van der Waals surface area contributed by atoms with Crippen molar-refractivity contribution in [3.63, 3.8) is 0 Å². The van der Waals surface area contributed by atoms with Crippen LogP contribution in [0.2, 0.25) is 0 Å². The molecular weight excluding hydrogens is 284 g/mol. The number of hydrogen-bond acceptors (Lipinski definition) is 5. The van der Waals surface area contributed by atoms with Gasteiger partial charge in [-0.2, -0.15) is 16.1 Å². The Kier molecular flexibility index (Phi) is 4.50. The first-order valence-corrected chi connectivity index (χ1v) is 8.53. The maximum absolute atomic E-state index is 12.5. The lowest BCUT2D eigenvalue weighted by Gasteiger charge is -2.33. The molecule has 1 aromatic rings. The van der Waals surface area contributed by atoms with Crippen molar-refractivity contribution in [2.75, 3.05) is 13.1 Å². The van der Waals surface area contributed by atoms with E-state index in [1.165, 1.54) is 16.6 Å². The molecule has 106 valence electrons. The van der Waals surface area contributed by atoms with Crippen LogP contribution in [0.3, 0.4) is 0 Å². The lowest BCUT2D eigenvalue weighted by atomic mass is 10.3. The van der Waals surface area contributed by atoms with Gasteiger partial charge in [-0.25, -0.2) is 13.4 Å². The number of hydrogen-bond donors (Lipinski definition) is 1. The van der Waals surface area contributed by atoms with Gasteiger partial charge in [-0.3, -0.25) is 0 Å². The zero-order chi connectivity index (χ0) is 14.0. The summed E-state index contributed by atoms with van der Waals surface area (Å²) in [5.41, 5.74) is 0.606. The van der Waals surface area contributed by atoms with E-state index >= 15 is 0 Å². The second kappa shape index (κ2) is 5.78. The quantitative estimate of drug-likeness (QED) is 0.905. The molecular formula is C12H18N2O3S2. The van der Waals surface area contributed by atoms with Crippen molar-refractivity contribution >= 4 is 21.8 Å². The van der Waals surface area contributed by atoms with Gasteiger partial charge in [0.2, 0.25) is 0 Å². The molecule has 1 aliphatic rings. The van der Waals surface area contributed by atoms with Gasteiger partial charge >= 0.3 is 0 Å². The Bertz CT molecular complexity index is 520. The summed E-state index contributed by atoms with van der Waals surface area (Å²) in [4.78, 5) is 3.95. The molecule has 7 heteroatoms. The van der Waals surface area contributed by atoms with Crippen LogP contribution in [0.25, 0.3) is 0 Å². The highest BCUT2D eigenvalue weighted by Crippen LogP contribution is 2.28. The average Bonchev–Trinajstić information content (AvgIpc) is 2.37. The molecule has 2 rings (SSSR count). The molecule has 0 bridgehead atoms. The van der Waals surface area contributed by atoms with Gasteiger partial charge in [0.25, 0.3) is 10.0 Å². The van der Waals surface area contributed by atoms with Crippen LogP contribution < -0.4 is 0 Å². The molecule has 0 aromatic carbocycles. The maximum atomic E-state index is 12.5. The fourth-order valence-corrected chi connectivity index (χ4v) is 5.16. The normalized spacial score (nSPS) is 25.4. The van der Waals surface area contributed by atoms with E-state index in [1.807, 2.05) is 13.8 Å². The molecule has 1 fully saturated rings. The van der Waals surface area contributed by atoms with E-state index in [4.69, 9.17) is 5.11 Å². The third kappa shape index (κ3) is 3.28. The fourth-order valence-electron chi connectivity index (χ4n) is 2.12. The molecule has 1 aromatic heterocycles. The van der Waals surface area contributed by atoms with Crippen LogP contribution in [0, 0.1) is 0 Å². The number of aliphatic hydroxyl groups excluding tert-OH is 1. The van der Waals surface area contributed by atoms with Gasteiger partial charge in [0.15, 0.2) is 5.03 Å². The Morgan fingerprint density at radius 2 is 2.00 bits per heavy atom. The Morgan fingerprint density at radius 3 is 2.47 bits per heavy atom. The SMILES string of the molecule is CC1CN(S(=O)(=O)c2ccc(CO)cn2)CC(C)S1. The van der Waals surface area contributed by atoms with Crippen LogP contribution >= 0.6 is 11.8 Å². The zero-order valence-corrected chi connectivity index (χ0v) is 12.6. The summed E-state index contributed by atoms with van der Waals surface area (Å²) in [5.74, 6) is 0. The van der Waals surface area contributed by atoms with Crippen LogP contribution in [0.1, 0.15) is 19.4 Å². The molecule has 5 nitrogen and oxygen atoms in total. The van der Waals surface area contributed by atoms with Crippen molar-refractivity contribution in [3.8, 4) is 0 Å². The summed E-state index contributed by atoms with van der Waals surface area (Å²) in [5, 5.41) is 9.57. The molecule has 2 atom stereocenters. The summed E-state index contributed by atoms with van der Waals surface area (Å²) in [6.45, 7) is 4.96. The van der Waals surface area contributed by atoms with E-state index in [1.54, 1.807) is 17.8 Å². The van der Waals surface area contributed by atoms with Gasteiger partial charge in [0.1, 0.15) is 0 Å². The topological polar surface area (TPSA) is 70.5 Å². The Hall–Kier alpha value is -0.630. The predicted octanol–water partition coefficient (Wildman–Crippen LogP) is 1.09. The molecule has 0 spiro atoms. The van der Waals surface area contributed by atoms with Crippen LogP contribution in [-0.2, 0) is 16.6 Å². The highest BCUT2D eigenvalue weighted by atomic mass is 32.2. The van der Waals surface area contributed by atoms with E-state index in [0.29, 0.717) is 18.7 Å². The third-order valence-electron chi connectivity index (χ3n) is 2.97. The van der Waals surface area contributed by atoms with Crippen LogP contribution in [0.5, 0.6) is 0 Å². The number of aliphatic hydroxyl groups is 1. The Labute approximate surface area is 118 Å². The lowest BCUT2D eigenvalue weighted by molar-refractivity contribution is 0.281. The van der Waals surface area contributed by atoms with Crippen molar-refractivity contribution < 1.29 is 13.5 Å². The molecule has 0 aliphatic carbocycles. The standard InChI is InChI=1S/C12H18N2O3S2/c1-9-6-14(7-10(2)18-9)19(16,17)12-4-3-11(8-15)5-13-12/h3-5,9-10,15H,6-8H2,1-2H3. The minimum absolute atomic E-state index is 0.0519. The van der Waals surface area contributed by atoms with Crippen molar-refractivity contribution in [1.29, 1.82) is 0 Å². The second-order valence-electron chi connectivity index (χ2n) is 4.74. The first kappa shape index (κ1) is 14.8. The molecule has 0 radical (unpaired) electrons. The van der Waals surface area contributed by atoms with Crippen molar-refractivity contribution in [1.82, 2.24) is 9.29 Å². The maximum Gasteiger partial charge on any atom is 0.260 e. The van der Waals surface area contributed by atoms with E-state index < -0.39 is 10.0 Å². The number of nitrogens with zero attached hydrogens (tertiary/aromatic N) is 2. The van der Waals surface area contributed by atoms with Gasteiger partial charge in [-0.1, -0.05) is 19.9 Å². The van der Waals surface area contributed by atoms with Gasteiger partial charge in [0.05, 0.1) is 6.61 Å². The van der Waals surface area contributed by atoms with Crippen LogP contribution in [0.4, 0.5) is 0 Å². The van der Waals surface area contributed by atoms with Crippen molar-refractivity contribution in [2.24, 2.45) is 0 Å². The second-order valence-corrected chi connectivity index (χ2v) is 8.51. The first-order chi connectivity index (χ1) is 8.93. The average molecular weight is 302 g/mol. The highest BCUT2D eigenvalue weighted by molar-refractivity contribution is 8.00. The Balaban J connectivity index is 2.25. The molecule has 19 heavy (non-hydrogen) atoms. The van der Waals surface area contributed by atoms with Crippen LogP contribution in [0.15, 0.2) is 23.4 Å². The molecule has 2 unspecified atom stereocenters. The summed E-state index contributed by atoms with van der Waals surface area (Å²) in [6, 6.07) is 3.05. The number of thioether (sulfide) groups is 1. The highest BCUT2D eigenvalue weighted by Gasteiger charge is 2.32. The molecule has 1 N–H and O–H groups in total. The Morgan fingerprint density at radius 1 is 1.37 bits per heavy atom. The zero-order valence-electron chi connectivity index (χ0n) is 11.0. The van der Waals surface area contributed by atoms with Gasteiger partial charge in [-0.05, 0) is 11.6 Å². The van der Waals surface area contributed by atoms with Crippen molar-refractivity contribution in [3.05, 3.63) is 23.9 Å². The molecule has 0 saturated carbocycles. The third-order valence-corrected chi connectivity index (χ3v) is 5.95. The lowest BCUT2D eigenvalue weighted by Crippen LogP contribution is -2.44. The summed E-state index contributed by atoms with van der Waals surface area (Å²) in [6.07, 6.45) is 1.40. The molecule has 0 amide bonds. The number of aromatic nitrogens is 1. The van der Waals surface area contributed by atoms with Gasteiger partial charge in [-0.15, -0.1) is 0 Å². The largest absolute Gasteiger partial charge is 0.392 e. The smallest absolute Gasteiger partial charge is 0.260 e. The van der Waals surface area contributed by atoms with Crippen LogP contribution in [-0.4, -0.2) is 46.4 Å². The van der Waals surface area contributed by atoms with Crippen molar-refractivity contribution in [2.45, 2.75) is 36.0 Å². The summed E-state index contributed by atoms with van der Waals surface area (Å²) in [7, 11) is -3.53. The number of sulfonamides is 1. The summed E-state index contributed by atoms with van der Waals surface area (Å²) < 4.78 is 26.4. The summed E-state index contributed by atoms with van der Waals surface area (Å²) >= 11 is 1.80. The monoisotopic (exact) mass is 302 g/mol. The molecule has 1 saturated heterocycles. The number of pyridine rings is 1. The number of rotatable bonds is 3. The first-order valence-electron chi connectivity index (χ1n) is 6.15. The minimum Gasteiger partial charge on any atom is -0.392 e. The van der Waals surface area contributed by atoms with E-state index in [9.17, 15) is 8.42 Å². The minimum atomic E-state index is -3.53. The molecule has 1 aliphatic heterocycles. The van der Waals surface area contributed by atoms with E-state index in [2.05, 4.69) is 4.98 Å². The predicted molar refractivity (Wildman–Crippen MR) is 75.4 cm³/mol. The van der Waals surface area contributed by atoms with E-state index in [-0.39, 0.29) is 22.1 Å².